The Labute approximate surface area is 193 Å². The van der Waals surface area contributed by atoms with E-state index in [-0.39, 0.29) is 18.1 Å². The third-order valence-corrected chi connectivity index (χ3v) is 10.2. The largest absolute Gasteiger partial charge is 0.465 e. The van der Waals surface area contributed by atoms with Gasteiger partial charge in [0, 0.05) is 34.3 Å². The van der Waals surface area contributed by atoms with Crippen molar-refractivity contribution < 1.29 is 19.3 Å². The molecule has 4 unspecified atom stereocenters. The van der Waals surface area contributed by atoms with Crippen LogP contribution in [0.15, 0.2) is 48.5 Å². The molecule has 5 nitrogen and oxygen atoms in total. The van der Waals surface area contributed by atoms with Crippen molar-refractivity contribution >= 4 is 17.3 Å². The van der Waals surface area contributed by atoms with Crippen molar-refractivity contribution in [1.82, 2.24) is 0 Å². The lowest BCUT2D eigenvalue weighted by Crippen LogP contribution is -2.82. The maximum atomic E-state index is 12.6. The predicted octanol–water partition coefficient (Wildman–Crippen LogP) is 5.10. The van der Waals surface area contributed by atoms with E-state index >= 15 is 0 Å². The van der Waals surface area contributed by atoms with Gasteiger partial charge < -0.3 is 9.64 Å². The summed E-state index contributed by atoms with van der Waals surface area (Å²) >= 11 is 0. The van der Waals surface area contributed by atoms with E-state index in [4.69, 9.17) is 14.5 Å². The number of carbonyl (C=O) groups excluding carboxylic acids is 1. The Kier molecular flexibility index (Phi) is 3.45. The molecular formula is C28H29NO4. The highest BCUT2D eigenvalue weighted by molar-refractivity contribution is 5.86. The van der Waals surface area contributed by atoms with Gasteiger partial charge in [0.25, 0.3) is 0 Å². The minimum Gasteiger partial charge on any atom is -0.465 e. The number of benzene rings is 2. The van der Waals surface area contributed by atoms with Gasteiger partial charge in [0.2, 0.25) is 0 Å². The van der Waals surface area contributed by atoms with Crippen LogP contribution < -0.4 is 4.90 Å². The van der Waals surface area contributed by atoms with Crippen LogP contribution in [0.5, 0.6) is 0 Å². The molecule has 1 saturated heterocycles. The molecule has 170 valence electrons. The van der Waals surface area contributed by atoms with Gasteiger partial charge in [-0.15, -0.1) is 0 Å². The lowest BCUT2D eigenvalue weighted by atomic mass is 9.40. The van der Waals surface area contributed by atoms with Crippen LogP contribution >= 0.6 is 0 Å². The highest BCUT2D eigenvalue weighted by Gasteiger charge is 2.89. The SMILES string of the molecule is CCOC(=O)CN1c2ccccc2C2(OOC23C2CC4CC5CC3C2(C4)C5)c2ccccc21. The summed E-state index contributed by atoms with van der Waals surface area (Å²) in [6, 6.07) is 16.9. The van der Waals surface area contributed by atoms with Crippen LogP contribution in [0.1, 0.15) is 50.2 Å². The van der Waals surface area contributed by atoms with Gasteiger partial charge in [-0.3, -0.25) is 4.79 Å². The Hall–Kier alpha value is -2.37. The molecule has 5 fully saturated rings. The molecule has 2 aromatic carbocycles. The number of ether oxygens (including phenoxy) is 1. The van der Waals surface area contributed by atoms with Crippen LogP contribution in [0.2, 0.25) is 0 Å². The molecule has 3 bridgehead atoms. The molecular weight excluding hydrogens is 414 g/mol. The lowest BCUT2D eigenvalue weighted by Gasteiger charge is -2.74. The Morgan fingerprint density at radius 3 is 2.09 bits per heavy atom. The second-order valence-electron chi connectivity index (χ2n) is 11.3. The lowest BCUT2D eigenvalue weighted by molar-refractivity contribution is -0.604. The third-order valence-electron chi connectivity index (χ3n) is 10.2. The summed E-state index contributed by atoms with van der Waals surface area (Å²) in [5.41, 5.74) is 3.91. The van der Waals surface area contributed by atoms with Gasteiger partial charge in [-0.1, -0.05) is 36.4 Å². The second-order valence-corrected chi connectivity index (χ2v) is 11.3. The molecule has 2 aliphatic heterocycles. The summed E-state index contributed by atoms with van der Waals surface area (Å²) in [4.78, 5) is 27.5. The zero-order chi connectivity index (χ0) is 22.0. The molecule has 3 spiro atoms. The Morgan fingerprint density at radius 2 is 1.55 bits per heavy atom. The van der Waals surface area contributed by atoms with E-state index < -0.39 is 5.60 Å². The standard InChI is InChI=1S/C28H29NO4/c1-2-31-25(30)16-29-21-9-5-3-7-19(21)27(20-8-4-6-10-22(20)29)28(33-32-27)23-12-17-11-18-13-24(28)26(23,14-17)15-18/h3-10,17-18,23-24H,2,11-16H2,1H3. The number of para-hydroxylation sites is 2. The van der Waals surface area contributed by atoms with E-state index in [2.05, 4.69) is 53.4 Å². The summed E-state index contributed by atoms with van der Waals surface area (Å²) < 4.78 is 5.33. The fourth-order valence-electron chi connectivity index (χ4n) is 9.59. The van der Waals surface area contributed by atoms with E-state index in [1.807, 2.05) is 6.92 Å². The van der Waals surface area contributed by atoms with Crippen molar-refractivity contribution in [3.63, 3.8) is 0 Å². The molecule has 2 heterocycles. The van der Waals surface area contributed by atoms with Gasteiger partial charge in [0.1, 0.15) is 6.54 Å². The number of esters is 1. The number of rotatable bonds is 3. The summed E-state index contributed by atoms with van der Waals surface area (Å²) in [5, 5.41) is 0. The molecule has 0 N–H and O–H groups in total. The number of hydrogen-bond acceptors (Lipinski definition) is 5. The average molecular weight is 444 g/mol. The molecule has 0 aromatic heterocycles. The normalized spacial score (nSPS) is 39.6. The Bertz CT molecular complexity index is 1120. The minimum atomic E-state index is -0.606. The average Bonchev–Trinajstić information content (AvgIpc) is 3.18. The van der Waals surface area contributed by atoms with E-state index in [1.54, 1.807) is 0 Å². The molecule has 0 amide bonds. The van der Waals surface area contributed by atoms with Crippen molar-refractivity contribution in [2.24, 2.45) is 29.1 Å². The maximum absolute atomic E-state index is 12.6. The molecule has 4 atom stereocenters. The maximum Gasteiger partial charge on any atom is 0.325 e. The first-order valence-electron chi connectivity index (χ1n) is 12.6. The number of carbonyl (C=O) groups is 1. The Morgan fingerprint density at radius 1 is 0.939 bits per heavy atom. The third kappa shape index (κ3) is 1.92. The highest BCUT2D eigenvalue weighted by Crippen LogP contribution is 2.86. The number of nitrogens with zero attached hydrogens (tertiary/aromatic N) is 1. The number of hydrogen-bond donors (Lipinski definition) is 0. The molecule has 33 heavy (non-hydrogen) atoms. The van der Waals surface area contributed by atoms with Crippen LogP contribution in [0.4, 0.5) is 11.4 Å². The molecule has 6 aliphatic rings. The minimum absolute atomic E-state index is 0.187. The van der Waals surface area contributed by atoms with Crippen molar-refractivity contribution in [1.29, 1.82) is 0 Å². The van der Waals surface area contributed by atoms with E-state index in [0.29, 0.717) is 23.9 Å². The number of anilines is 2. The monoisotopic (exact) mass is 443 g/mol. The first-order valence-corrected chi connectivity index (χ1v) is 12.6. The zero-order valence-corrected chi connectivity index (χ0v) is 19.0. The second kappa shape index (κ2) is 6.00. The van der Waals surface area contributed by atoms with E-state index in [0.717, 1.165) is 34.3 Å². The van der Waals surface area contributed by atoms with Crippen LogP contribution in [0, 0.1) is 29.1 Å². The van der Waals surface area contributed by atoms with Crippen LogP contribution in [0.25, 0.3) is 0 Å². The molecule has 5 heteroatoms. The molecule has 4 aliphatic carbocycles. The summed E-state index contributed by atoms with van der Waals surface area (Å²) in [6.07, 6.45) is 6.74. The fourth-order valence-corrected chi connectivity index (χ4v) is 9.59. The van der Waals surface area contributed by atoms with E-state index in [9.17, 15) is 4.79 Å². The smallest absolute Gasteiger partial charge is 0.325 e. The summed E-state index contributed by atoms with van der Waals surface area (Å²) in [6.45, 7) is 2.42. The fraction of sp³-hybridized carbons (Fsp3) is 0.536. The van der Waals surface area contributed by atoms with Crippen LogP contribution in [-0.2, 0) is 24.9 Å². The molecule has 2 aromatic rings. The van der Waals surface area contributed by atoms with Crippen LogP contribution in [-0.4, -0.2) is 24.7 Å². The molecule has 4 saturated carbocycles. The molecule has 8 rings (SSSR count). The van der Waals surface area contributed by atoms with Crippen molar-refractivity contribution in [2.75, 3.05) is 18.1 Å². The topological polar surface area (TPSA) is 48.0 Å². The quantitative estimate of drug-likeness (QED) is 0.488. The van der Waals surface area contributed by atoms with Gasteiger partial charge in [-0.2, -0.15) is 0 Å². The van der Waals surface area contributed by atoms with Gasteiger partial charge in [0.15, 0.2) is 11.2 Å². The summed E-state index contributed by atoms with van der Waals surface area (Å²) in [7, 11) is 0. The Balaban J connectivity index is 1.33. The number of fused-ring (bicyclic) bond motifs is 9. The van der Waals surface area contributed by atoms with Gasteiger partial charge in [0.05, 0.1) is 6.61 Å². The highest BCUT2D eigenvalue weighted by atomic mass is 17.3. The van der Waals surface area contributed by atoms with Gasteiger partial charge in [-0.25, -0.2) is 9.78 Å². The van der Waals surface area contributed by atoms with Gasteiger partial charge in [-0.05, 0) is 68.4 Å². The van der Waals surface area contributed by atoms with Gasteiger partial charge >= 0.3 is 5.97 Å². The zero-order valence-electron chi connectivity index (χ0n) is 19.0. The van der Waals surface area contributed by atoms with Crippen LogP contribution in [0.3, 0.4) is 0 Å². The predicted molar refractivity (Wildman–Crippen MR) is 122 cm³/mol. The first-order chi connectivity index (χ1) is 16.1. The molecule has 0 radical (unpaired) electrons. The van der Waals surface area contributed by atoms with Crippen molar-refractivity contribution in [2.45, 2.75) is 50.2 Å². The van der Waals surface area contributed by atoms with Crippen molar-refractivity contribution in [3.05, 3.63) is 59.7 Å². The first kappa shape index (κ1) is 19.0. The summed E-state index contributed by atoms with van der Waals surface area (Å²) in [5.74, 6) is 2.60. The van der Waals surface area contributed by atoms with E-state index in [1.165, 1.54) is 32.1 Å². The van der Waals surface area contributed by atoms with Crippen molar-refractivity contribution in [3.8, 4) is 0 Å².